The molecule has 5 unspecified atom stereocenters. The molecule has 1 fully saturated rings. The van der Waals surface area contributed by atoms with Crippen LogP contribution in [0.5, 0.6) is 0 Å². The first-order chi connectivity index (χ1) is 9.40. The molecule has 1 aliphatic rings. The summed E-state index contributed by atoms with van der Waals surface area (Å²) in [6.45, 7) is 19.0. The maximum atomic E-state index is 3.81. The fourth-order valence-corrected chi connectivity index (χ4v) is 3.49. The predicted molar refractivity (Wildman–Crippen MR) is 90.1 cm³/mol. The summed E-state index contributed by atoms with van der Waals surface area (Å²) < 4.78 is 0. The fourth-order valence-electron chi connectivity index (χ4n) is 3.49. The molecule has 1 heterocycles. The van der Waals surface area contributed by atoms with Gasteiger partial charge in [0.15, 0.2) is 0 Å². The van der Waals surface area contributed by atoms with Gasteiger partial charge in [0.2, 0.25) is 0 Å². The van der Waals surface area contributed by atoms with E-state index in [2.05, 4.69) is 58.7 Å². The van der Waals surface area contributed by atoms with Crippen molar-refractivity contribution in [2.45, 2.75) is 85.9 Å². The zero-order valence-corrected chi connectivity index (χ0v) is 14.9. The van der Waals surface area contributed by atoms with E-state index in [1.54, 1.807) is 0 Å². The number of piperazine rings is 1. The Hall–Kier alpha value is -0.0800. The van der Waals surface area contributed by atoms with Crippen LogP contribution in [0.15, 0.2) is 0 Å². The minimum Gasteiger partial charge on any atom is -0.311 e. The molecule has 2 heteroatoms. The van der Waals surface area contributed by atoms with Gasteiger partial charge in [0.1, 0.15) is 0 Å². The number of nitrogens with one attached hydrogen (secondary N) is 1. The van der Waals surface area contributed by atoms with Crippen molar-refractivity contribution in [1.29, 1.82) is 0 Å². The smallest absolute Gasteiger partial charge is 0.0247 e. The summed E-state index contributed by atoms with van der Waals surface area (Å²) in [7, 11) is 0. The predicted octanol–water partition coefficient (Wildman–Crippen LogP) is 4.16. The van der Waals surface area contributed by atoms with Crippen molar-refractivity contribution in [2.24, 2.45) is 17.8 Å². The van der Waals surface area contributed by atoms with Crippen LogP contribution in [-0.4, -0.2) is 36.1 Å². The Morgan fingerprint density at radius 3 is 2.20 bits per heavy atom. The summed E-state index contributed by atoms with van der Waals surface area (Å²) in [5, 5.41) is 3.81. The molecule has 0 aromatic heterocycles. The van der Waals surface area contributed by atoms with E-state index in [9.17, 15) is 0 Å². The van der Waals surface area contributed by atoms with Crippen molar-refractivity contribution < 1.29 is 0 Å². The lowest BCUT2D eigenvalue weighted by Gasteiger charge is -2.47. The van der Waals surface area contributed by atoms with E-state index in [1.165, 1.54) is 25.8 Å². The van der Waals surface area contributed by atoms with E-state index in [0.29, 0.717) is 18.1 Å². The van der Waals surface area contributed by atoms with E-state index >= 15 is 0 Å². The van der Waals surface area contributed by atoms with Gasteiger partial charge < -0.3 is 5.32 Å². The van der Waals surface area contributed by atoms with Gasteiger partial charge in [-0.05, 0) is 31.1 Å². The topological polar surface area (TPSA) is 15.3 Å². The molecule has 0 amide bonds. The van der Waals surface area contributed by atoms with E-state index in [0.717, 1.165) is 24.3 Å². The van der Waals surface area contributed by atoms with Gasteiger partial charge in [-0.15, -0.1) is 0 Å². The highest BCUT2D eigenvalue weighted by molar-refractivity contribution is 4.92. The summed E-state index contributed by atoms with van der Waals surface area (Å²) in [5.41, 5.74) is 0. The average Bonchev–Trinajstić information content (AvgIpc) is 2.45. The Balaban J connectivity index is 2.72. The van der Waals surface area contributed by atoms with Crippen LogP contribution < -0.4 is 5.32 Å². The molecule has 0 aromatic rings. The van der Waals surface area contributed by atoms with E-state index < -0.39 is 0 Å². The highest BCUT2D eigenvalue weighted by Gasteiger charge is 2.34. The molecule has 1 aliphatic heterocycles. The average molecular weight is 283 g/mol. The molecule has 120 valence electrons. The van der Waals surface area contributed by atoms with Crippen LogP contribution in [0.1, 0.15) is 67.7 Å². The quantitative estimate of drug-likeness (QED) is 0.754. The SMILES string of the molecule is CCC(C)CC(C)N1CC(C(C)CC)NCC1C(C)C. The summed E-state index contributed by atoms with van der Waals surface area (Å²) in [6, 6.07) is 2.09. The molecule has 2 nitrogen and oxygen atoms in total. The molecular formula is C18H38N2. The normalized spacial score (nSPS) is 29.4. The standard InChI is InChI=1S/C18H38N2/c1-8-14(5)10-16(7)20-12-17(15(6)9-2)19-11-18(20)13(3)4/h13-19H,8-12H2,1-7H3. The van der Waals surface area contributed by atoms with Crippen LogP contribution in [0, 0.1) is 17.8 Å². The van der Waals surface area contributed by atoms with Gasteiger partial charge in [-0.2, -0.15) is 0 Å². The van der Waals surface area contributed by atoms with Gasteiger partial charge in [0.25, 0.3) is 0 Å². The Morgan fingerprint density at radius 1 is 1.05 bits per heavy atom. The van der Waals surface area contributed by atoms with Crippen LogP contribution in [-0.2, 0) is 0 Å². The Kier molecular flexibility index (Phi) is 7.53. The van der Waals surface area contributed by atoms with Gasteiger partial charge in [0.05, 0.1) is 0 Å². The van der Waals surface area contributed by atoms with Crippen LogP contribution in [0.2, 0.25) is 0 Å². The monoisotopic (exact) mass is 282 g/mol. The lowest BCUT2D eigenvalue weighted by Crippen LogP contribution is -2.62. The first-order valence-corrected chi connectivity index (χ1v) is 8.89. The zero-order valence-electron chi connectivity index (χ0n) is 14.9. The molecular weight excluding hydrogens is 244 g/mol. The maximum Gasteiger partial charge on any atom is 0.0247 e. The maximum absolute atomic E-state index is 3.81. The van der Waals surface area contributed by atoms with Crippen molar-refractivity contribution in [1.82, 2.24) is 10.2 Å². The lowest BCUT2D eigenvalue weighted by atomic mass is 9.89. The highest BCUT2D eigenvalue weighted by atomic mass is 15.3. The molecule has 0 radical (unpaired) electrons. The van der Waals surface area contributed by atoms with Gasteiger partial charge in [-0.3, -0.25) is 4.90 Å². The Bertz CT molecular complexity index is 264. The molecule has 1 saturated heterocycles. The number of nitrogens with zero attached hydrogens (tertiary/aromatic N) is 1. The molecule has 0 bridgehead atoms. The summed E-state index contributed by atoms with van der Waals surface area (Å²) >= 11 is 0. The molecule has 0 aromatic carbocycles. The van der Waals surface area contributed by atoms with Crippen molar-refractivity contribution in [3.05, 3.63) is 0 Å². The van der Waals surface area contributed by atoms with Gasteiger partial charge in [-0.1, -0.05) is 54.4 Å². The second-order valence-corrected chi connectivity index (χ2v) is 7.51. The third-order valence-corrected chi connectivity index (χ3v) is 5.53. The number of rotatable bonds is 7. The Morgan fingerprint density at radius 2 is 1.70 bits per heavy atom. The van der Waals surface area contributed by atoms with Crippen LogP contribution >= 0.6 is 0 Å². The molecule has 0 saturated carbocycles. The number of hydrogen-bond acceptors (Lipinski definition) is 2. The van der Waals surface area contributed by atoms with Gasteiger partial charge >= 0.3 is 0 Å². The molecule has 1 rings (SSSR count). The van der Waals surface area contributed by atoms with Crippen molar-refractivity contribution in [3.8, 4) is 0 Å². The minimum absolute atomic E-state index is 0.675. The van der Waals surface area contributed by atoms with Crippen LogP contribution in [0.4, 0.5) is 0 Å². The van der Waals surface area contributed by atoms with Crippen LogP contribution in [0.25, 0.3) is 0 Å². The van der Waals surface area contributed by atoms with E-state index in [-0.39, 0.29) is 0 Å². The zero-order chi connectivity index (χ0) is 15.3. The summed E-state index contributed by atoms with van der Waals surface area (Å²) in [5.74, 6) is 2.36. The van der Waals surface area contributed by atoms with Crippen molar-refractivity contribution in [3.63, 3.8) is 0 Å². The largest absolute Gasteiger partial charge is 0.311 e. The summed E-state index contributed by atoms with van der Waals surface area (Å²) in [6.07, 6.45) is 3.92. The first-order valence-electron chi connectivity index (χ1n) is 8.89. The highest BCUT2D eigenvalue weighted by Crippen LogP contribution is 2.25. The third kappa shape index (κ3) is 4.73. The van der Waals surface area contributed by atoms with Gasteiger partial charge in [0, 0.05) is 31.2 Å². The van der Waals surface area contributed by atoms with Crippen molar-refractivity contribution >= 4 is 0 Å². The third-order valence-electron chi connectivity index (χ3n) is 5.53. The van der Waals surface area contributed by atoms with Crippen molar-refractivity contribution in [2.75, 3.05) is 13.1 Å². The first kappa shape index (κ1) is 18.0. The fraction of sp³-hybridized carbons (Fsp3) is 1.00. The molecule has 20 heavy (non-hydrogen) atoms. The van der Waals surface area contributed by atoms with E-state index in [4.69, 9.17) is 0 Å². The molecule has 1 N–H and O–H groups in total. The second-order valence-electron chi connectivity index (χ2n) is 7.51. The Labute approximate surface area is 127 Å². The molecule has 0 spiro atoms. The summed E-state index contributed by atoms with van der Waals surface area (Å²) in [4.78, 5) is 2.81. The molecule has 5 atom stereocenters. The van der Waals surface area contributed by atoms with E-state index in [1.807, 2.05) is 0 Å². The van der Waals surface area contributed by atoms with Gasteiger partial charge in [-0.25, -0.2) is 0 Å². The lowest BCUT2D eigenvalue weighted by molar-refractivity contribution is 0.0408. The number of hydrogen-bond donors (Lipinski definition) is 1. The second kappa shape index (κ2) is 8.38. The molecule has 0 aliphatic carbocycles. The minimum atomic E-state index is 0.675. The van der Waals surface area contributed by atoms with Crippen LogP contribution in [0.3, 0.4) is 0 Å².